The number of unbranched alkanes of at least 4 members (excludes halogenated alkanes) is 36. The third-order valence-electron chi connectivity index (χ3n) is 16.5. The van der Waals surface area contributed by atoms with E-state index in [2.05, 4.69) is 62.3 Å². The summed E-state index contributed by atoms with van der Waals surface area (Å²) in [7, 11) is -4.13. The lowest BCUT2D eigenvalue weighted by Crippen LogP contribution is -2.40. The van der Waals surface area contributed by atoms with Gasteiger partial charge in [0.1, 0.15) is 0 Å². The van der Waals surface area contributed by atoms with E-state index in [1.54, 1.807) is 0 Å². The molecule has 0 unspecified atom stereocenters. The molecular weight excluding hydrogens is 888 g/mol. The van der Waals surface area contributed by atoms with Gasteiger partial charge in [0.15, 0.2) is 0 Å². The van der Waals surface area contributed by atoms with Crippen molar-refractivity contribution < 1.29 is 18.1 Å². The highest BCUT2D eigenvalue weighted by molar-refractivity contribution is 7.48. The van der Waals surface area contributed by atoms with Gasteiger partial charge in [-0.2, -0.15) is 0 Å². The van der Waals surface area contributed by atoms with Gasteiger partial charge in [-0.25, -0.2) is 4.57 Å². The molecule has 5 heteroatoms. The highest BCUT2D eigenvalue weighted by atomic mass is 31.2. The second kappa shape index (κ2) is 50.9. The van der Waals surface area contributed by atoms with E-state index in [9.17, 15) is 0 Å². The number of hydrogen-bond donors (Lipinski definition) is 0. The van der Waals surface area contributed by atoms with Crippen LogP contribution in [0.3, 0.4) is 0 Å². The van der Waals surface area contributed by atoms with E-state index in [0.29, 0.717) is 0 Å². The van der Waals surface area contributed by atoms with Crippen LogP contribution in [0.1, 0.15) is 409 Å². The summed E-state index contributed by atoms with van der Waals surface area (Å²) in [5, 5.41) is 0. The topological polar surface area (TPSA) is 44.8 Å². The standard InChI is InChI=1S/C66H135O4P/c1-10-19-28-34-40-49-58-64(55-46-25-16-7,59-50-41-35-29-20-11-2)68-71(67,69-65(56-47-26-17-8,60-51-42-36-30-21-12-3)61-52-43-37-31-22-13-4)70-66(57-48-27-18-9,62-53-44-38-32-23-14-5)63-54-45-39-33-24-15-6/h10-63H2,1-9H3. The third kappa shape index (κ3) is 40.1. The number of phosphoric ester groups is 1. The monoisotopic (exact) mass is 1020 g/mol. The maximum atomic E-state index is 17.3. The van der Waals surface area contributed by atoms with Gasteiger partial charge in [0, 0.05) is 0 Å². The van der Waals surface area contributed by atoms with Crippen molar-refractivity contribution in [2.24, 2.45) is 0 Å². The highest BCUT2D eigenvalue weighted by Gasteiger charge is 2.50. The molecule has 0 spiro atoms. The molecule has 0 aromatic rings. The molecule has 0 aliphatic carbocycles. The van der Waals surface area contributed by atoms with Crippen LogP contribution in [0.25, 0.3) is 0 Å². The van der Waals surface area contributed by atoms with Gasteiger partial charge in [-0.3, -0.25) is 13.6 Å². The largest absolute Gasteiger partial charge is 0.476 e. The molecule has 0 aromatic heterocycles. The first-order valence-corrected chi connectivity index (χ1v) is 34.8. The van der Waals surface area contributed by atoms with Crippen molar-refractivity contribution in [1.29, 1.82) is 0 Å². The molecule has 0 saturated carbocycles. The Morgan fingerprint density at radius 1 is 0.197 bits per heavy atom. The van der Waals surface area contributed by atoms with Crippen LogP contribution in [0, 0.1) is 0 Å². The second-order valence-electron chi connectivity index (χ2n) is 23.7. The summed E-state index contributed by atoms with van der Waals surface area (Å²) < 4.78 is 41.0. The minimum absolute atomic E-state index is 0.495. The summed E-state index contributed by atoms with van der Waals surface area (Å²) in [6.07, 6.45) is 64.7. The van der Waals surface area contributed by atoms with E-state index < -0.39 is 24.6 Å². The molecule has 0 atom stereocenters. The molecule has 4 nitrogen and oxygen atoms in total. The fraction of sp³-hybridized carbons (Fsp3) is 1.00. The minimum Gasteiger partial charge on any atom is -0.280 e. The molecule has 428 valence electrons. The molecule has 0 saturated heterocycles. The first-order chi connectivity index (χ1) is 34.7. The molecule has 71 heavy (non-hydrogen) atoms. The lowest BCUT2D eigenvalue weighted by molar-refractivity contribution is -0.0909. The first kappa shape index (κ1) is 71.1. The second-order valence-corrected chi connectivity index (χ2v) is 25.2. The molecule has 0 aliphatic rings. The number of phosphoric acid groups is 1. The van der Waals surface area contributed by atoms with Crippen molar-refractivity contribution in [2.45, 2.75) is 426 Å². The lowest BCUT2D eigenvalue weighted by Gasteiger charge is -2.45. The van der Waals surface area contributed by atoms with Crippen molar-refractivity contribution >= 4 is 7.82 Å². The van der Waals surface area contributed by atoms with Crippen LogP contribution < -0.4 is 0 Å². The first-order valence-electron chi connectivity index (χ1n) is 33.4. The Labute approximate surface area is 449 Å². The zero-order valence-corrected chi connectivity index (χ0v) is 51.7. The predicted octanol–water partition coefficient (Wildman–Crippen LogP) is 25.6. The van der Waals surface area contributed by atoms with Gasteiger partial charge in [0.25, 0.3) is 0 Å². The zero-order chi connectivity index (χ0) is 52.3. The van der Waals surface area contributed by atoms with Gasteiger partial charge in [-0.15, -0.1) is 0 Å². The third-order valence-corrected chi connectivity index (χ3v) is 18.4. The van der Waals surface area contributed by atoms with Crippen molar-refractivity contribution in [3.05, 3.63) is 0 Å². The van der Waals surface area contributed by atoms with Crippen LogP contribution in [0.5, 0.6) is 0 Å². The number of hydrogen-bond acceptors (Lipinski definition) is 4. The normalized spacial score (nSPS) is 12.7. The SMILES string of the molecule is CCCCCCCCC(CCCCC)(CCCCCCCC)OP(=O)(OC(CCCCC)(CCCCCCCC)CCCCCCCC)OC(CCCCC)(CCCCCCCC)CCCCCCCC. The summed E-state index contributed by atoms with van der Waals surface area (Å²) in [6.45, 7) is 21.0. The van der Waals surface area contributed by atoms with Crippen LogP contribution in [-0.4, -0.2) is 16.8 Å². The maximum Gasteiger partial charge on any atom is 0.476 e. The zero-order valence-electron chi connectivity index (χ0n) is 50.8. The van der Waals surface area contributed by atoms with Crippen LogP contribution in [0.4, 0.5) is 0 Å². The van der Waals surface area contributed by atoms with Crippen molar-refractivity contribution in [1.82, 2.24) is 0 Å². The Kier molecular flexibility index (Phi) is 51.0. The average Bonchev–Trinajstić information content (AvgIpc) is 3.35. The molecule has 0 radical (unpaired) electrons. The molecule has 0 fully saturated rings. The van der Waals surface area contributed by atoms with Crippen LogP contribution in [0.15, 0.2) is 0 Å². The average molecular weight is 1020 g/mol. The summed E-state index contributed by atoms with van der Waals surface area (Å²) in [5.41, 5.74) is -1.48. The van der Waals surface area contributed by atoms with E-state index in [4.69, 9.17) is 13.6 Å². The molecule has 0 amide bonds. The molecule has 0 aromatic carbocycles. The smallest absolute Gasteiger partial charge is 0.280 e. The Morgan fingerprint density at radius 2 is 0.310 bits per heavy atom. The number of rotatable bonds is 60. The highest BCUT2D eigenvalue weighted by Crippen LogP contribution is 2.63. The van der Waals surface area contributed by atoms with E-state index in [1.165, 1.54) is 231 Å². The molecule has 0 N–H and O–H groups in total. The minimum atomic E-state index is -4.13. The lowest BCUT2D eigenvalue weighted by atomic mass is 9.85. The van der Waals surface area contributed by atoms with E-state index in [0.717, 1.165) is 116 Å². The summed E-state index contributed by atoms with van der Waals surface area (Å²) in [5.74, 6) is 0. The summed E-state index contributed by atoms with van der Waals surface area (Å²) in [4.78, 5) is 0. The summed E-state index contributed by atoms with van der Waals surface area (Å²) in [6, 6.07) is 0. The van der Waals surface area contributed by atoms with Gasteiger partial charge < -0.3 is 0 Å². The van der Waals surface area contributed by atoms with Crippen LogP contribution in [0.2, 0.25) is 0 Å². The van der Waals surface area contributed by atoms with Crippen LogP contribution >= 0.6 is 7.82 Å². The Bertz CT molecular complexity index is 926. The Morgan fingerprint density at radius 3 is 0.465 bits per heavy atom. The fourth-order valence-electron chi connectivity index (χ4n) is 11.8. The quantitative estimate of drug-likeness (QED) is 0.0450. The summed E-state index contributed by atoms with van der Waals surface area (Å²) >= 11 is 0. The van der Waals surface area contributed by atoms with Gasteiger partial charge >= 0.3 is 7.82 Å². The van der Waals surface area contributed by atoms with E-state index in [1.807, 2.05) is 0 Å². The van der Waals surface area contributed by atoms with E-state index >= 15 is 4.57 Å². The molecule has 0 bridgehead atoms. The molecule has 0 aliphatic heterocycles. The maximum absolute atomic E-state index is 17.3. The van der Waals surface area contributed by atoms with Gasteiger partial charge in [0.05, 0.1) is 16.8 Å². The van der Waals surface area contributed by atoms with Crippen molar-refractivity contribution in [2.75, 3.05) is 0 Å². The van der Waals surface area contributed by atoms with Crippen molar-refractivity contribution in [3.8, 4) is 0 Å². The molecule has 0 heterocycles. The van der Waals surface area contributed by atoms with Gasteiger partial charge in [-0.1, -0.05) is 351 Å². The Hall–Kier alpha value is 0.110. The van der Waals surface area contributed by atoms with Crippen molar-refractivity contribution in [3.63, 3.8) is 0 Å². The molecular formula is C66H135O4P. The Balaban J connectivity index is 8.07. The van der Waals surface area contributed by atoms with Gasteiger partial charge in [-0.05, 0) is 57.8 Å². The van der Waals surface area contributed by atoms with E-state index in [-0.39, 0.29) is 0 Å². The predicted molar refractivity (Wildman–Crippen MR) is 319 cm³/mol. The van der Waals surface area contributed by atoms with Crippen LogP contribution in [-0.2, 0) is 18.1 Å². The van der Waals surface area contributed by atoms with Gasteiger partial charge in [0.2, 0.25) is 0 Å². The fourth-order valence-corrected chi connectivity index (χ4v) is 14.1. The molecule has 0 rings (SSSR count).